The summed E-state index contributed by atoms with van der Waals surface area (Å²) in [6.07, 6.45) is 12.6. The fraction of sp³-hybridized carbons (Fsp3) is 0.500. The molecule has 0 amide bonds. The van der Waals surface area contributed by atoms with Crippen molar-refractivity contribution in [1.29, 1.82) is 0 Å². The summed E-state index contributed by atoms with van der Waals surface area (Å²) in [6.45, 7) is 4.30. The molecule has 0 saturated carbocycles. The maximum Gasteiger partial charge on any atom is 0.174 e. The highest BCUT2D eigenvalue weighted by Crippen LogP contribution is 2.30. The van der Waals surface area contributed by atoms with Gasteiger partial charge in [0.25, 0.3) is 0 Å². The van der Waals surface area contributed by atoms with Crippen molar-refractivity contribution >= 4 is 17.2 Å². The third-order valence-corrected chi connectivity index (χ3v) is 4.26. The number of fused-ring (bicyclic) bond motifs is 1. The van der Waals surface area contributed by atoms with Gasteiger partial charge in [-0.1, -0.05) is 57.7 Å². The molecule has 118 valence electrons. The lowest BCUT2D eigenvalue weighted by Gasteiger charge is -2.20. The molecule has 1 aliphatic heterocycles. The first-order chi connectivity index (χ1) is 10.8. The molecule has 1 aliphatic rings. The van der Waals surface area contributed by atoms with E-state index in [2.05, 4.69) is 26.0 Å². The summed E-state index contributed by atoms with van der Waals surface area (Å²) in [7, 11) is 0. The van der Waals surface area contributed by atoms with Gasteiger partial charge in [-0.2, -0.15) is 0 Å². The quantitative estimate of drug-likeness (QED) is 0.549. The van der Waals surface area contributed by atoms with Crippen molar-refractivity contribution in [3.05, 3.63) is 42.0 Å². The number of carbonyl (C=O) groups excluding carboxylic acids is 1. The molecule has 2 rings (SSSR count). The van der Waals surface area contributed by atoms with Crippen LogP contribution >= 0.6 is 0 Å². The Kier molecular flexibility index (Phi) is 6.57. The number of benzene rings is 1. The lowest BCUT2D eigenvalue weighted by Crippen LogP contribution is -2.25. The number of hydrogen-bond acceptors (Lipinski definition) is 2. The van der Waals surface area contributed by atoms with Gasteiger partial charge in [0.1, 0.15) is 0 Å². The van der Waals surface area contributed by atoms with E-state index >= 15 is 0 Å². The Labute approximate surface area is 134 Å². The molecule has 1 atom stereocenters. The van der Waals surface area contributed by atoms with Crippen LogP contribution in [0.1, 0.15) is 69.2 Å². The fourth-order valence-corrected chi connectivity index (χ4v) is 2.94. The standard InChI is InChI=1S/C20H27NO/c1-3-5-6-7-8-9-10-14-18-16(4-2)20(22)17-13-11-12-15-19(17)21-18/h10-16H,3-9H2,1-2H3. The molecule has 0 spiro atoms. The maximum absolute atomic E-state index is 12.6. The van der Waals surface area contributed by atoms with Crippen LogP contribution in [-0.2, 0) is 0 Å². The SMILES string of the molecule is CCCCCCCC=CC1=Nc2ccccc2C(=O)C1CC. The molecule has 1 heterocycles. The van der Waals surface area contributed by atoms with Crippen LogP contribution in [-0.4, -0.2) is 11.5 Å². The van der Waals surface area contributed by atoms with Gasteiger partial charge in [0, 0.05) is 5.56 Å². The van der Waals surface area contributed by atoms with Gasteiger partial charge in [0.05, 0.1) is 17.3 Å². The van der Waals surface area contributed by atoms with Crippen molar-refractivity contribution in [2.24, 2.45) is 10.9 Å². The van der Waals surface area contributed by atoms with Crippen LogP contribution in [0, 0.1) is 5.92 Å². The number of allylic oxidation sites excluding steroid dienone is 2. The van der Waals surface area contributed by atoms with Gasteiger partial charge in [0.2, 0.25) is 0 Å². The number of unbranched alkanes of at least 4 members (excludes halogenated alkanes) is 5. The molecule has 0 aromatic heterocycles. The van der Waals surface area contributed by atoms with E-state index in [1.165, 1.54) is 32.1 Å². The lowest BCUT2D eigenvalue weighted by molar-refractivity contribution is 0.0951. The summed E-state index contributed by atoms with van der Waals surface area (Å²) in [5.41, 5.74) is 2.52. The summed E-state index contributed by atoms with van der Waals surface area (Å²) in [6, 6.07) is 7.67. The first-order valence-corrected chi connectivity index (χ1v) is 8.66. The normalized spacial score (nSPS) is 17.6. The van der Waals surface area contributed by atoms with E-state index in [0.29, 0.717) is 0 Å². The van der Waals surface area contributed by atoms with Crippen molar-refractivity contribution in [1.82, 2.24) is 0 Å². The van der Waals surface area contributed by atoms with Gasteiger partial charge in [-0.25, -0.2) is 0 Å². The summed E-state index contributed by atoms with van der Waals surface area (Å²) < 4.78 is 0. The second kappa shape index (κ2) is 8.67. The topological polar surface area (TPSA) is 29.4 Å². The molecule has 1 unspecified atom stereocenters. The van der Waals surface area contributed by atoms with Crippen LogP contribution < -0.4 is 0 Å². The number of aliphatic imine (C=N–C) groups is 1. The van der Waals surface area contributed by atoms with Crippen LogP contribution in [0.15, 0.2) is 41.4 Å². The number of rotatable bonds is 8. The molecule has 2 heteroatoms. The Morgan fingerprint density at radius 2 is 1.86 bits per heavy atom. The predicted octanol–water partition coefficient (Wildman–Crippen LogP) is 5.90. The second-order valence-electron chi connectivity index (χ2n) is 5.98. The highest BCUT2D eigenvalue weighted by atomic mass is 16.1. The van der Waals surface area contributed by atoms with Crippen molar-refractivity contribution in [2.45, 2.75) is 58.8 Å². The van der Waals surface area contributed by atoms with Crippen LogP contribution in [0.25, 0.3) is 0 Å². The molecule has 1 aromatic carbocycles. The van der Waals surface area contributed by atoms with Crippen LogP contribution in [0.5, 0.6) is 0 Å². The Morgan fingerprint density at radius 1 is 1.09 bits per heavy atom. The van der Waals surface area contributed by atoms with Gasteiger partial charge in [-0.3, -0.25) is 9.79 Å². The van der Waals surface area contributed by atoms with E-state index in [1.54, 1.807) is 0 Å². The molecule has 1 aromatic rings. The fourth-order valence-electron chi connectivity index (χ4n) is 2.94. The first-order valence-electron chi connectivity index (χ1n) is 8.66. The molecular formula is C20H27NO. The van der Waals surface area contributed by atoms with E-state index in [1.807, 2.05) is 24.3 Å². The third kappa shape index (κ3) is 4.16. The minimum absolute atomic E-state index is 0.0776. The van der Waals surface area contributed by atoms with E-state index in [0.717, 1.165) is 29.8 Å². The van der Waals surface area contributed by atoms with Gasteiger partial charge in [0.15, 0.2) is 5.78 Å². The molecule has 2 nitrogen and oxygen atoms in total. The number of carbonyl (C=O) groups is 1. The largest absolute Gasteiger partial charge is 0.293 e. The van der Waals surface area contributed by atoms with Gasteiger partial charge >= 0.3 is 0 Å². The zero-order valence-electron chi connectivity index (χ0n) is 13.8. The minimum atomic E-state index is -0.0776. The Morgan fingerprint density at radius 3 is 2.64 bits per heavy atom. The summed E-state index contributed by atoms with van der Waals surface area (Å²) in [4.78, 5) is 17.3. The average Bonchev–Trinajstić information content (AvgIpc) is 2.54. The van der Waals surface area contributed by atoms with Crippen molar-refractivity contribution < 1.29 is 4.79 Å². The predicted molar refractivity (Wildman–Crippen MR) is 94.2 cm³/mol. The van der Waals surface area contributed by atoms with Gasteiger partial charge in [-0.15, -0.1) is 0 Å². The summed E-state index contributed by atoms with van der Waals surface area (Å²) >= 11 is 0. The van der Waals surface area contributed by atoms with Gasteiger partial charge in [-0.05, 0) is 37.5 Å². The maximum atomic E-state index is 12.6. The number of ketones is 1. The number of nitrogens with zero attached hydrogens (tertiary/aromatic N) is 1. The van der Waals surface area contributed by atoms with E-state index in [9.17, 15) is 4.79 Å². The molecule has 0 aliphatic carbocycles. The van der Waals surface area contributed by atoms with E-state index < -0.39 is 0 Å². The molecule has 0 radical (unpaired) electrons. The second-order valence-corrected chi connectivity index (χ2v) is 5.98. The first kappa shape index (κ1) is 16.7. The van der Waals surface area contributed by atoms with Crippen LogP contribution in [0.2, 0.25) is 0 Å². The molecular weight excluding hydrogens is 270 g/mol. The minimum Gasteiger partial charge on any atom is -0.293 e. The molecule has 22 heavy (non-hydrogen) atoms. The summed E-state index contributed by atoms with van der Waals surface area (Å²) in [5, 5.41) is 0. The Bertz CT molecular complexity index is 557. The third-order valence-electron chi connectivity index (χ3n) is 4.26. The summed E-state index contributed by atoms with van der Waals surface area (Å²) in [5.74, 6) is 0.141. The highest BCUT2D eigenvalue weighted by Gasteiger charge is 2.28. The van der Waals surface area contributed by atoms with Crippen molar-refractivity contribution in [2.75, 3.05) is 0 Å². The Balaban J connectivity index is 1.99. The average molecular weight is 297 g/mol. The molecule has 0 bridgehead atoms. The lowest BCUT2D eigenvalue weighted by atomic mass is 9.87. The number of para-hydroxylation sites is 1. The van der Waals surface area contributed by atoms with Crippen LogP contribution in [0.4, 0.5) is 5.69 Å². The van der Waals surface area contributed by atoms with Crippen molar-refractivity contribution in [3.63, 3.8) is 0 Å². The molecule has 0 N–H and O–H groups in total. The van der Waals surface area contributed by atoms with Gasteiger partial charge < -0.3 is 0 Å². The Hall–Kier alpha value is -1.70. The number of hydrogen-bond donors (Lipinski definition) is 0. The highest BCUT2D eigenvalue weighted by molar-refractivity contribution is 6.21. The van der Waals surface area contributed by atoms with Crippen molar-refractivity contribution in [3.8, 4) is 0 Å². The van der Waals surface area contributed by atoms with Crippen LogP contribution in [0.3, 0.4) is 0 Å². The van der Waals surface area contributed by atoms with E-state index in [-0.39, 0.29) is 11.7 Å². The monoisotopic (exact) mass is 297 g/mol. The van der Waals surface area contributed by atoms with E-state index in [4.69, 9.17) is 4.99 Å². The number of Topliss-reactive ketones (excluding diaryl/α,β-unsaturated/α-hetero) is 1. The smallest absolute Gasteiger partial charge is 0.174 e. The zero-order chi connectivity index (χ0) is 15.8. The zero-order valence-corrected chi connectivity index (χ0v) is 13.8. The molecule has 0 fully saturated rings. The molecule has 0 saturated heterocycles.